The fraction of sp³-hybridized carbons (Fsp3) is 0.217. The van der Waals surface area contributed by atoms with Gasteiger partial charge in [0.2, 0.25) is 0 Å². The fourth-order valence-electron chi connectivity index (χ4n) is 3.06. The molecule has 0 saturated carbocycles. The van der Waals surface area contributed by atoms with Crippen molar-refractivity contribution < 1.29 is 9.53 Å². The molecule has 3 aromatic rings. The topological polar surface area (TPSA) is 55.0 Å². The van der Waals surface area contributed by atoms with E-state index in [1.807, 2.05) is 47.3 Å². The van der Waals surface area contributed by atoms with E-state index in [-0.39, 0.29) is 5.97 Å². The van der Waals surface area contributed by atoms with Crippen LogP contribution in [0.1, 0.15) is 40.4 Å². The van der Waals surface area contributed by atoms with Crippen LogP contribution in [-0.4, -0.2) is 17.1 Å². The number of benzene rings is 2. The summed E-state index contributed by atoms with van der Waals surface area (Å²) in [5, 5.41) is 9.45. The van der Waals surface area contributed by atoms with Crippen LogP contribution in [0.4, 0.5) is 0 Å². The number of hydrogen-bond donors (Lipinski definition) is 0. The highest BCUT2D eigenvalue weighted by atomic mass is 16.5. The van der Waals surface area contributed by atoms with Crippen LogP contribution < -0.4 is 0 Å². The second kappa shape index (κ2) is 8.86. The predicted octanol–water partition coefficient (Wildman–Crippen LogP) is 4.70. The summed E-state index contributed by atoms with van der Waals surface area (Å²) in [6.45, 7) is 2.14. The van der Waals surface area contributed by atoms with E-state index in [0.29, 0.717) is 17.7 Å². The van der Waals surface area contributed by atoms with E-state index in [4.69, 9.17) is 4.74 Å². The van der Waals surface area contributed by atoms with Crippen LogP contribution in [0.25, 0.3) is 5.69 Å². The minimum Gasteiger partial charge on any atom is -0.462 e. The molecule has 0 amide bonds. The molecule has 0 atom stereocenters. The van der Waals surface area contributed by atoms with Gasteiger partial charge in [0.1, 0.15) is 6.07 Å². The van der Waals surface area contributed by atoms with Gasteiger partial charge in [-0.2, -0.15) is 5.26 Å². The van der Waals surface area contributed by atoms with E-state index < -0.39 is 0 Å². The Bertz CT molecular complexity index is 935. The largest absolute Gasteiger partial charge is 0.462 e. The van der Waals surface area contributed by atoms with Crippen molar-refractivity contribution in [2.24, 2.45) is 0 Å². The van der Waals surface area contributed by atoms with Gasteiger partial charge in [-0.1, -0.05) is 30.3 Å². The molecule has 0 aliphatic rings. The van der Waals surface area contributed by atoms with E-state index in [1.54, 1.807) is 19.1 Å². The third-order valence-corrected chi connectivity index (χ3v) is 4.46. The maximum atomic E-state index is 11.8. The molecule has 0 fully saturated rings. The first-order valence-electron chi connectivity index (χ1n) is 9.13. The molecule has 0 aliphatic carbocycles. The zero-order valence-corrected chi connectivity index (χ0v) is 15.4. The molecule has 0 radical (unpaired) electrons. The van der Waals surface area contributed by atoms with Gasteiger partial charge in [0.25, 0.3) is 0 Å². The number of nitriles is 1. The van der Waals surface area contributed by atoms with Crippen molar-refractivity contribution in [1.82, 2.24) is 4.57 Å². The first-order valence-corrected chi connectivity index (χ1v) is 9.13. The number of hydrogen-bond acceptors (Lipinski definition) is 3. The molecule has 136 valence electrons. The third-order valence-electron chi connectivity index (χ3n) is 4.46. The number of aromatic nitrogens is 1. The van der Waals surface area contributed by atoms with Crippen molar-refractivity contribution in [3.8, 4) is 11.8 Å². The molecule has 3 rings (SSSR count). The zero-order valence-electron chi connectivity index (χ0n) is 15.4. The van der Waals surface area contributed by atoms with Gasteiger partial charge in [0, 0.05) is 18.1 Å². The molecular weight excluding hydrogens is 336 g/mol. The number of rotatable bonds is 7. The van der Waals surface area contributed by atoms with E-state index in [9.17, 15) is 10.1 Å². The van der Waals surface area contributed by atoms with Crippen molar-refractivity contribution in [3.05, 3.63) is 89.2 Å². The van der Waals surface area contributed by atoms with Gasteiger partial charge >= 0.3 is 5.97 Å². The predicted molar refractivity (Wildman–Crippen MR) is 105 cm³/mol. The Balaban J connectivity index is 1.70. The van der Waals surface area contributed by atoms with Crippen molar-refractivity contribution in [2.45, 2.75) is 26.2 Å². The lowest BCUT2D eigenvalue weighted by Gasteiger charge is -2.05. The number of ether oxygens (including phenoxy) is 1. The Morgan fingerprint density at radius 3 is 2.44 bits per heavy atom. The first kappa shape index (κ1) is 18.5. The summed E-state index contributed by atoms with van der Waals surface area (Å²) in [6.07, 6.45) is 6.68. The van der Waals surface area contributed by atoms with Crippen molar-refractivity contribution >= 4 is 5.97 Å². The third kappa shape index (κ3) is 4.65. The fourth-order valence-corrected chi connectivity index (χ4v) is 3.06. The summed E-state index contributed by atoms with van der Waals surface area (Å²) in [6, 6.07) is 19.9. The molecular formula is C23H22N2O2. The normalized spacial score (nSPS) is 10.4. The maximum Gasteiger partial charge on any atom is 0.338 e. The van der Waals surface area contributed by atoms with Gasteiger partial charge in [-0.15, -0.1) is 0 Å². The van der Waals surface area contributed by atoms with Crippen molar-refractivity contribution in [1.29, 1.82) is 5.26 Å². The van der Waals surface area contributed by atoms with Gasteiger partial charge in [-0.05, 0) is 61.6 Å². The Labute approximate surface area is 159 Å². The lowest BCUT2D eigenvalue weighted by molar-refractivity contribution is 0.0526. The highest BCUT2D eigenvalue weighted by Gasteiger charge is 2.10. The molecule has 4 heteroatoms. The summed E-state index contributed by atoms with van der Waals surface area (Å²) in [5.41, 5.74) is 4.48. The van der Waals surface area contributed by atoms with Crippen LogP contribution >= 0.6 is 0 Å². The number of aryl methyl sites for hydroxylation is 2. The number of esters is 1. The van der Waals surface area contributed by atoms with Crippen LogP contribution in [-0.2, 0) is 17.6 Å². The van der Waals surface area contributed by atoms with Crippen LogP contribution in [0.5, 0.6) is 0 Å². The molecule has 0 spiro atoms. The van der Waals surface area contributed by atoms with E-state index in [1.165, 1.54) is 5.56 Å². The summed E-state index contributed by atoms with van der Waals surface area (Å²) < 4.78 is 6.94. The quantitative estimate of drug-likeness (QED) is 0.575. The lowest BCUT2D eigenvalue weighted by Crippen LogP contribution is -2.04. The molecule has 4 nitrogen and oxygen atoms in total. The monoisotopic (exact) mass is 358 g/mol. The van der Waals surface area contributed by atoms with Gasteiger partial charge in [0.15, 0.2) is 0 Å². The standard InChI is InChI=1S/C23H22N2O2/c1-2-27-23(26)19-11-13-22(14-12-19)25-16-20(21(15-24)17-25)10-6-9-18-7-4-3-5-8-18/h3-5,7-8,11-14,16-17H,2,6,9-10H2,1H3. The lowest BCUT2D eigenvalue weighted by atomic mass is 10.0. The van der Waals surface area contributed by atoms with Crippen molar-refractivity contribution in [3.63, 3.8) is 0 Å². The SMILES string of the molecule is CCOC(=O)c1ccc(-n2cc(C#N)c(CCCc3ccccc3)c2)cc1. The molecule has 0 bridgehead atoms. The second-order valence-corrected chi connectivity index (χ2v) is 6.32. The Hall–Kier alpha value is -3.32. The summed E-state index contributed by atoms with van der Waals surface area (Å²) in [5.74, 6) is -0.323. The molecule has 2 aromatic carbocycles. The highest BCUT2D eigenvalue weighted by Crippen LogP contribution is 2.19. The van der Waals surface area contributed by atoms with E-state index >= 15 is 0 Å². The number of carbonyl (C=O) groups excluding carboxylic acids is 1. The first-order chi connectivity index (χ1) is 13.2. The molecule has 0 N–H and O–H groups in total. The summed E-state index contributed by atoms with van der Waals surface area (Å²) in [4.78, 5) is 11.8. The molecule has 1 aromatic heterocycles. The molecule has 0 aliphatic heterocycles. The van der Waals surface area contributed by atoms with Gasteiger partial charge < -0.3 is 9.30 Å². The smallest absolute Gasteiger partial charge is 0.338 e. The van der Waals surface area contributed by atoms with Gasteiger partial charge in [0.05, 0.1) is 17.7 Å². The van der Waals surface area contributed by atoms with Gasteiger partial charge in [-0.25, -0.2) is 4.79 Å². The van der Waals surface area contributed by atoms with Crippen molar-refractivity contribution in [2.75, 3.05) is 6.61 Å². The minimum absolute atomic E-state index is 0.323. The molecule has 1 heterocycles. The Kier molecular flexibility index (Phi) is 6.06. The maximum absolute atomic E-state index is 11.8. The van der Waals surface area contributed by atoms with Crippen LogP contribution in [0.2, 0.25) is 0 Å². The molecule has 0 saturated heterocycles. The minimum atomic E-state index is -0.323. The Morgan fingerprint density at radius 2 is 1.78 bits per heavy atom. The molecule has 0 unspecified atom stereocenters. The number of carbonyl (C=O) groups is 1. The zero-order chi connectivity index (χ0) is 19.1. The van der Waals surface area contributed by atoms with E-state index in [0.717, 1.165) is 30.5 Å². The summed E-state index contributed by atoms with van der Waals surface area (Å²) >= 11 is 0. The average Bonchev–Trinajstić information content (AvgIpc) is 3.12. The Morgan fingerprint density at radius 1 is 1.04 bits per heavy atom. The van der Waals surface area contributed by atoms with Gasteiger partial charge in [-0.3, -0.25) is 0 Å². The van der Waals surface area contributed by atoms with Crippen LogP contribution in [0.15, 0.2) is 67.0 Å². The van der Waals surface area contributed by atoms with E-state index in [2.05, 4.69) is 18.2 Å². The average molecular weight is 358 g/mol. The highest BCUT2D eigenvalue weighted by molar-refractivity contribution is 5.89. The second-order valence-electron chi connectivity index (χ2n) is 6.32. The number of nitrogens with zero attached hydrogens (tertiary/aromatic N) is 2. The molecule has 27 heavy (non-hydrogen) atoms. The van der Waals surface area contributed by atoms with Crippen LogP contribution in [0, 0.1) is 11.3 Å². The van der Waals surface area contributed by atoms with Crippen LogP contribution in [0.3, 0.4) is 0 Å². The summed E-state index contributed by atoms with van der Waals surface area (Å²) in [7, 11) is 0.